The molecule has 1 atom stereocenters. The molecule has 0 unspecified atom stereocenters. The predicted octanol–water partition coefficient (Wildman–Crippen LogP) is -0.845. The van der Waals surface area contributed by atoms with E-state index in [9.17, 15) is 4.79 Å². The van der Waals surface area contributed by atoms with Crippen molar-refractivity contribution in [2.75, 3.05) is 6.54 Å². The van der Waals surface area contributed by atoms with Gasteiger partial charge in [-0.25, -0.2) is 5.90 Å². The van der Waals surface area contributed by atoms with Gasteiger partial charge in [0.2, 0.25) is 5.91 Å². The van der Waals surface area contributed by atoms with E-state index < -0.39 is 0 Å². The van der Waals surface area contributed by atoms with Crippen molar-refractivity contribution >= 4 is 5.91 Å². The standard InChI is InChI=1S/C5H10N2O2/c6-9-4-1-2-5(8)7-3-4/h4H,1-3,6H2,(H,7,8)/t4-/m0/s1. The first-order chi connectivity index (χ1) is 4.33. The summed E-state index contributed by atoms with van der Waals surface area (Å²) in [4.78, 5) is 15.0. The summed E-state index contributed by atoms with van der Waals surface area (Å²) in [7, 11) is 0. The minimum absolute atomic E-state index is 0.0164. The summed E-state index contributed by atoms with van der Waals surface area (Å²) in [5, 5.41) is 2.64. The zero-order chi connectivity index (χ0) is 6.69. The number of amides is 1. The molecule has 0 aromatic rings. The van der Waals surface area contributed by atoms with Crippen molar-refractivity contribution in [2.45, 2.75) is 18.9 Å². The lowest BCUT2D eigenvalue weighted by Gasteiger charge is -2.19. The molecule has 0 aromatic heterocycles. The molecule has 0 aromatic carbocycles. The third kappa shape index (κ3) is 1.65. The quantitative estimate of drug-likeness (QED) is 0.455. The molecule has 1 rings (SSSR count). The molecule has 1 fully saturated rings. The summed E-state index contributed by atoms with van der Waals surface area (Å²) < 4.78 is 0. The van der Waals surface area contributed by atoms with Gasteiger partial charge in [-0.15, -0.1) is 0 Å². The van der Waals surface area contributed by atoms with Crippen molar-refractivity contribution in [1.29, 1.82) is 0 Å². The molecule has 4 nitrogen and oxygen atoms in total. The molecule has 52 valence electrons. The van der Waals surface area contributed by atoms with Crippen LogP contribution >= 0.6 is 0 Å². The van der Waals surface area contributed by atoms with E-state index in [-0.39, 0.29) is 12.0 Å². The molecular formula is C5H10N2O2. The lowest BCUT2D eigenvalue weighted by atomic mass is 10.1. The average Bonchev–Trinajstić information content (AvgIpc) is 1.90. The molecule has 1 saturated heterocycles. The van der Waals surface area contributed by atoms with Crippen LogP contribution in [0.25, 0.3) is 0 Å². The van der Waals surface area contributed by atoms with E-state index in [0.717, 1.165) is 6.42 Å². The van der Waals surface area contributed by atoms with Gasteiger partial charge in [0.15, 0.2) is 0 Å². The number of carbonyl (C=O) groups is 1. The van der Waals surface area contributed by atoms with Gasteiger partial charge in [0.05, 0.1) is 6.10 Å². The highest BCUT2D eigenvalue weighted by Gasteiger charge is 2.16. The molecule has 0 saturated carbocycles. The zero-order valence-corrected chi connectivity index (χ0v) is 5.09. The van der Waals surface area contributed by atoms with E-state index in [1.807, 2.05) is 0 Å². The van der Waals surface area contributed by atoms with Crippen LogP contribution in [-0.4, -0.2) is 18.6 Å². The molecule has 4 heteroatoms. The number of nitrogens with one attached hydrogen (secondary N) is 1. The Hall–Kier alpha value is -0.610. The molecule has 0 bridgehead atoms. The minimum Gasteiger partial charge on any atom is -0.353 e. The van der Waals surface area contributed by atoms with Crippen LogP contribution < -0.4 is 11.2 Å². The van der Waals surface area contributed by atoms with E-state index in [2.05, 4.69) is 10.2 Å². The summed E-state index contributed by atoms with van der Waals surface area (Å²) in [6.07, 6.45) is 1.28. The molecule has 1 aliphatic rings. The van der Waals surface area contributed by atoms with Gasteiger partial charge in [-0.2, -0.15) is 0 Å². The third-order valence-corrected chi connectivity index (χ3v) is 1.41. The van der Waals surface area contributed by atoms with Crippen LogP contribution in [0, 0.1) is 0 Å². The topological polar surface area (TPSA) is 64.3 Å². The Morgan fingerprint density at radius 2 is 2.56 bits per heavy atom. The summed E-state index contributed by atoms with van der Waals surface area (Å²) in [5.41, 5.74) is 0. The van der Waals surface area contributed by atoms with Gasteiger partial charge in [0.25, 0.3) is 0 Å². The minimum atomic E-state index is 0.0164. The summed E-state index contributed by atoms with van der Waals surface area (Å²) >= 11 is 0. The fraction of sp³-hybridized carbons (Fsp3) is 0.800. The Labute approximate surface area is 53.3 Å². The maximum absolute atomic E-state index is 10.5. The highest BCUT2D eigenvalue weighted by Crippen LogP contribution is 2.03. The molecule has 1 aliphatic heterocycles. The number of nitrogens with two attached hydrogens (primary N) is 1. The van der Waals surface area contributed by atoms with Crippen LogP contribution in [0.5, 0.6) is 0 Å². The van der Waals surface area contributed by atoms with Crippen LogP contribution in [0.3, 0.4) is 0 Å². The maximum atomic E-state index is 10.5. The number of piperidine rings is 1. The third-order valence-electron chi connectivity index (χ3n) is 1.41. The van der Waals surface area contributed by atoms with Crippen molar-refractivity contribution in [3.8, 4) is 0 Å². The Balaban J connectivity index is 2.26. The molecule has 1 heterocycles. The second-order valence-corrected chi connectivity index (χ2v) is 2.10. The smallest absolute Gasteiger partial charge is 0.220 e. The van der Waals surface area contributed by atoms with E-state index in [0.29, 0.717) is 13.0 Å². The van der Waals surface area contributed by atoms with Gasteiger partial charge in [-0.3, -0.25) is 9.63 Å². The largest absolute Gasteiger partial charge is 0.353 e. The molecule has 3 N–H and O–H groups in total. The summed E-state index contributed by atoms with van der Waals surface area (Å²) in [6.45, 7) is 0.551. The summed E-state index contributed by atoms with van der Waals surface area (Å²) in [6, 6.07) is 0. The lowest BCUT2D eigenvalue weighted by molar-refractivity contribution is -0.124. The van der Waals surface area contributed by atoms with Gasteiger partial charge in [0.1, 0.15) is 0 Å². The fourth-order valence-corrected chi connectivity index (χ4v) is 0.826. The normalized spacial score (nSPS) is 27.7. The Morgan fingerprint density at radius 1 is 1.78 bits per heavy atom. The summed E-state index contributed by atoms with van der Waals surface area (Å²) in [5.74, 6) is 4.98. The maximum Gasteiger partial charge on any atom is 0.220 e. The van der Waals surface area contributed by atoms with Gasteiger partial charge >= 0.3 is 0 Å². The second kappa shape index (κ2) is 2.80. The van der Waals surface area contributed by atoms with Crippen molar-refractivity contribution in [3.63, 3.8) is 0 Å². The van der Waals surface area contributed by atoms with Gasteiger partial charge in [0, 0.05) is 13.0 Å². The van der Waals surface area contributed by atoms with Crippen molar-refractivity contribution in [3.05, 3.63) is 0 Å². The molecule has 0 spiro atoms. The Morgan fingerprint density at radius 3 is 3.00 bits per heavy atom. The van der Waals surface area contributed by atoms with Crippen molar-refractivity contribution < 1.29 is 9.63 Å². The van der Waals surface area contributed by atoms with Crippen molar-refractivity contribution in [2.24, 2.45) is 5.90 Å². The molecule has 9 heavy (non-hydrogen) atoms. The van der Waals surface area contributed by atoms with E-state index in [1.165, 1.54) is 0 Å². The molecule has 0 aliphatic carbocycles. The Kier molecular flexibility index (Phi) is 2.02. The first kappa shape index (κ1) is 6.51. The van der Waals surface area contributed by atoms with Gasteiger partial charge < -0.3 is 5.32 Å². The highest BCUT2D eigenvalue weighted by molar-refractivity contribution is 5.76. The van der Waals surface area contributed by atoms with Crippen molar-refractivity contribution in [1.82, 2.24) is 5.32 Å². The lowest BCUT2D eigenvalue weighted by Crippen LogP contribution is -2.40. The SMILES string of the molecule is NO[C@H]1CCC(=O)NC1. The number of carbonyl (C=O) groups excluding carboxylic acids is 1. The van der Waals surface area contributed by atoms with Crippen LogP contribution in [0.4, 0.5) is 0 Å². The first-order valence-corrected chi connectivity index (χ1v) is 2.95. The fourth-order valence-electron chi connectivity index (χ4n) is 0.826. The molecule has 1 amide bonds. The average molecular weight is 130 g/mol. The van der Waals surface area contributed by atoms with E-state index in [1.54, 1.807) is 0 Å². The predicted molar refractivity (Wildman–Crippen MR) is 31.3 cm³/mol. The second-order valence-electron chi connectivity index (χ2n) is 2.10. The van der Waals surface area contributed by atoms with Crippen LogP contribution in [0.15, 0.2) is 0 Å². The van der Waals surface area contributed by atoms with E-state index in [4.69, 9.17) is 5.90 Å². The molecule has 0 radical (unpaired) electrons. The van der Waals surface area contributed by atoms with Crippen LogP contribution in [0.2, 0.25) is 0 Å². The molecular weight excluding hydrogens is 120 g/mol. The zero-order valence-electron chi connectivity index (χ0n) is 5.09. The monoisotopic (exact) mass is 130 g/mol. The highest BCUT2D eigenvalue weighted by atomic mass is 16.6. The van der Waals surface area contributed by atoms with Gasteiger partial charge in [-0.05, 0) is 6.42 Å². The number of hydrogen-bond acceptors (Lipinski definition) is 3. The number of hydrogen-bond donors (Lipinski definition) is 2. The number of rotatable bonds is 1. The van der Waals surface area contributed by atoms with Crippen LogP contribution in [0.1, 0.15) is 12.8 Å². The van der Waals surface area contributed by atoms with Crippen LogP contribution in [-0.2, 0) is 9.63 Å². The first-order valence-electron chi connectivity index (χ1n) is 2.95. The van der Waals surface area contributed by atoms with Gasteiger partial charge in [-0.1, -0.05) is 0 Å². The Bertz CT molecular complexity index is 106. The van der Waals surface area contributed by atoms with E-state index >= 15 is 0 Å².